The van der Waals surface area contributed by atoms with Gasteiger partial charge in [0.1, 0.15) is 17.8 Å². The highest BCUT2D eigenvalue weighted by atomic mass is 16.5. The second-order valence-corrected chi connectivity index (χ2v) is 3.90. The lowest BCUT2D eigenvalue weighted by molar-refractivity contribution is 0.102. The molecule has 1 aromatic carbocycles. The predicted octanol–water partition coefficient (Wildman–Crippen LogP) is 2.30. The van der Waals surface area contributed by atoms with Gasteiger partial charge in [0.05, 0.1) is 12.8 Å². The first-order chi connectivity index (χ1) is 9.24. The molecule has 0 fully saturated rings. The largest absolute Gasteiger partial charge is 0.495 e. The topological polar surface area (TPSA) is 64.1 Å². The molecule has 1 aromatic heterocycles. The minimum atomic E-state index is -0.276. The van der Waals surface area contributed by atoms with Crippen LogP contribution < -0.4 is 10.1 Å². The van der Waals surface area contributed by atoms with Crippen molar-refractivity contribution >= 4 is 11.6 Å². The Kier molecular flexibility index (Phi) is 4.07. The Bertz CT molecular complexity index is 584. The van der Waals surface area contributed by atoms with Gasteiger partial charge in [0.2, 0.25) is 0 Å². The minimum absolute atomic E-state index is 0.276. The van der Waals surface area contributed by atoms with Crippen LogP contribution in [-0.2, 0) is 6.42 Å². The standard InChI is InChI=1S/C14H15N3O2/c1-3-10-8-12(16-9-15-10)14(18)17-11-6-4-5-7-13(11)19-2/h4-9H,3H2,1-2H3,(H,17,18). The van der Waals surface area contributed by atoms with Crippen LogP contribution in [0.5, 0.6) is 5.75 Å². The van der Waals surface area contributed by atoms with Crippen LogP contribution in [-0.4, -0.2) is 23.0 Å². The number of hydrogen-bond donors (Lipinski definition) is 1. The molecule has 0 unspecified atom stereocenters. The average Bonchev–Trinajstić information content (AvgIpc) is 2.47. The molecular formula is C14H15N3O2. The van der Waals surface area contributed by atoms with E-state index in [2.05, 4.69) is 15.3 Å². The SMILES string of the molecule is CCc1cc(C(=O)Nc2ccccc2OC)ncn1. The van der Waals surface area contributed by atoms with Gasteiger partial charge in [0.15, 0.2) is 0 Å². The van der Waals surface area contributed by atoms with Crippen LogP contribution in [0.3, 0.4) is 0 Å². The third-order valence-electron chi connectivity index (χ3n) is 2.67. The van der Waals surface area contributed by atoms with Gasteiger partial charge in [-0.05, 0) is 24.6 Å². The Morgan fingerprint density at radius 3 is 2.84 bits per heavy atom. The first-order valence-corrected chi connectivity index (χ1v) is 6.00. The molecule has 2 aromatic rings. The molecule has 0 spiro atoms. The van der Waals surface area contributed by atoms with Gasteiger partial charge in [-0.15, -0.1) is 0 Å². The summed E-state index contributed by atoms with van der Waals surface area (Å²) < 4.78 is 5.18. The number of amides is 1. The van der Waals surface area contributed by atoms with Crippen molar-refractivity contribution in [1.29, 1.82) is 0 Å². The number of carbonyl (C=O) groups is 1. The maximum atomic E-state index is 12.1. The van der Waals surface area contributed by atoms with Crippen LogP contribution in [0.1, 0.15) is 23.1 Å². The van der Waals surface area contributed by atoms with Crippen molar-refractivity contribution in [3.05, 3.63) is 48.0 Å². The van der Waals surface area contributed by atoms with Gasteiger partial charge in [-0.1, -0.05) is 19.1 Å². The summed E-state index contributed by atoms with van der Waals surface area (Å²) >= 11 is 0. The van der Waals surface area contributed by atoms with Gasteiger partial charge in [-0.2, -0.15) is 0 Å². The molecule has 5 nitrogen and oxygen atoms in total. The summed E-state index contributed by atoms with van der Waals surface area (Å²) in [5, 5.41) is 2.77. The number of methoxy groups -OCH3 is 1. The Hall–Kier alpha value is -2.43. The molecule has 0 aliphatic rings. The first kappa shape index (κ1) is 13.0. The van der Waals surface area contributed by atoms with E-state index in [0.717, 1.165) is 12.1 Å². The Morgan fingerprint density at radius 2 is 2.11 bits per heavy atom. The number of para-hydroxylation sites is 2. The molecule has 0 saturated carbocycles. The number of aryl methyl sites for hydroxylation is 1. The summed E-state index contributed by atoms with van der Waals surface area (Å²) in [6.07, 6.45) is 2.16. The molecular weight excluding hydrogens is 242 g/mol. The lowest BCUT2D eigenvalue weighted by Gasteiger charge is -2.09. The van der Waals surface area contributed by atoms with Crippen LogP contribution >= 0.6 is 0 Å². The van der Waals surface area contributed by atoms with E-state index >= 15 is 0 Å². The smallest absolute Gasteiger partial charge is 0.274 e. The van der Waals surface area contributed by atoms with Crippen LogP contribution in [0.25, 0.3) is 0 Å². The van der Waals surface area contributed by atoms with Crippen LogP contribution in [0.15, 0.2) is 36.7 Å². The van der Waals surface area contributed by atoms with Crippen molar-refractivity contribution in [2.75, 3.05) is 12.4 Å². The maximum Gasteiger partial charge on any atom is 0.274 e. The van der Waals surface area contributed by atoms with Crippen LogP contribution in [0.4, 0.5) is 5.69 Å². The van der Waals surface area contributed by atoms with E-state index in [4.69, 9.17) is 4.74 Å². The maximum absolute atomic E-state index is 12.1. The van der Waals surface area contributed by atoms with Crippen molar-refractivity contribution < 1.29 is 9.53 Å². The number of rotatable bonds is 4. The molecule has 1 N–H and O–H groups in total. The summed E-state index contributed by atoms with van der Waals surface area (Å²) in [7, 11) is 1.56. The van der Waals surface area contributed by atoms with Crippen molar-refractivity contribution in [3.63, 3.8) is 0 Å². The number of ether oxygens (including phenoxy) is 1. The fraction of sp³-hybridized carbons (Fsp3) is 0.214. The molecule has 1 amide bonds. The van der Waals surface area contributed by atoms with Crippen molar-refractivity contribution in [3.8, 4) is 5.75 Å². The Balaban J connectivity index is 2.20. The van der Waals surface area contributed by atoms with E-state index < -0.39 is 0 Å². The highest BCUT2D eigenvalue weighted by Crippen LogP contribution is 2.23. The summed E-state index contributed by atoms with van der Waals surface area (Å²) in [5.41, 5.74) is 1.80. The van der Waals surface area contributed by atoms with E-state index in [1.165, 1.54) is 6.33 Å². The third kappa shape index (κ3) is 3.07. The van der Waals surface area contributed by atoms with E-state index in [1.54, 1.807) is 25.3 Å². The molecule has 2 rings (SSSR count). The number of anilines is 1. The highest BCUT2D eigenvalue weighted by Gasteiger charge is 2.11. The quantitative estimate of drug-likeness (QED) is 0.912. The van der Waals surface area contributed by atoms with Gasteiger partial charge in [-0.25, -0.2) is 9.97 Å². The molecule has 0 saturated heterocycles. The van der Waals surface area contributed by atoms with Gasteiger partial charge in [-0.3, -0.25) is 4.79 Å². The van der Waals surface area contributed by atoms with E-state index in [1.807, 2.05) is 19.1 Å². The zero-order valence-corrected chi connectivity index (χ0v) is 10.9. The van der Waals surface area contributed by atoms with Gasteiger partial charge >= 0.3 is 0 Å². The fourth-order valence-electron chi connectivity index (χ4n) is 1.65. The Morgan fingerprint density at radius 1 is 1.32 bits per heavy atom. The van der Waals surface area contributed by atoms with E-state index in [-0.39, 0.29) is 5.91 Å². The number of aromatic nitrogens is 2. The molecule has 1 heterocycles. The summed E-state index contributed by atoms with van der Waals surface area (Å²) in [5.74, 6) is 0.335. The molecule has 0 bridgehead atoms. The highest BCUT2D eigenvalue weighted by molar-refractivity contribution is 6.03. The van der Waals surface area contributed by atoms with Gasteiger partial charge in [0.25, 0.3) is 5.91 Å². The molecule has 0 aliphatic carbocycles. The molecule has 0 radical (unpaired) electrons. The zero-order chi connectivity index (χ0) is 13.7. The number of nitrogens with zero attached hydrogens (tertiary/aromatic N) is 2. The molecule has 19 heavy (non-hydrogen) atoms. The predicted molar refractivity (Wildman–Crippen MR) is 72.4 cm³/mol. The van der Waals surface area contributed by atoms with Gasteiger partial charge < -0.3 is 10.1 Å². The average molecular weight is 257 g/mol. The second-order valence-electron chi connectivity index (χ2n) is 3.90. The second kappa shape index (κ2) is 5.95. The van der Waals surface area contributed by atoms with E-state index in [0.29, 0.717) is 17.1 Å². The molecule has 5 heteroatoms. The zero-order valence-electron chi connectivity index (χ0n) is 10.9. The lowest BCUT2D eigenvalue weighted by Crippen LogP contribution is -2.15. The van der Waals surface area contributed by atoms with Crippen molar-refractivity contribution in [1.82, 2.24) is 9.97 Å². The normalized spacial score (nSPS) is 10.0. The van der Waals surface area contributed by atoms with Crippen LogP contribution in [0, 0.1) is 0 Å². The lowest BCUT2D eigenvalue weighted by atomic mass is 10.2. The summed E-state index contributed by atoms with van der Waals surface area (Å²) in [4.78, 5) is 20.1. The molecule has 0 atom stereocenters. The monoisotopic (exact) mass is 257 g/mol. The summed E-state index contributed by atoms with van der Waals surface area (Å²) in [6, 6.07) is 8.92. The van der Waals surface area contributed by atoms with Crippen molar-refractivity contribution in [2.24, 2.45) is 0 Å². The third-order valence-corrected chi connectivity index (χ3v) is 2.67. The van der Waals surface area contributed by atoms with Crippen LogP contribution in [0.2, 0.25) is 0 Å². The number of carbonyl (C=O) groups excluding carboxylic acids is 1. The minimum Gasteiger partial charge on any atom is -0.495 e. The van der Waals surface area contributed by atoms with Gasteiger partial charge in [0, 0.05) is 5.69 Å². The van der Waals surface area contributed by atoms with E-state index in [9.17, 15) is 4.79 Å². The summed E-state index contributed by atoms with van der Waals surface area (Å²) in [6.45, 7) is 1.98. The number of hydrogen-bond acceptors (Lipinski definition) is 4. The number of nitrogens with one attached hydrogen (secondary N) is 1. The number of benzene rings is 1. The molecule has 98 valence electrons. The first-order valence-electron chi connectivity index (χ1n) is 6.00. The fourth-order valence-corrected chi connectivity index (χ4v) is 1.65. The van der Waals surface area contributed by atoms with Crippen molar-refractivity contribution in [2.45, 2.75) is 13.3 Å². The molecule has 0 aliphatic heterocycles. The Labute approximate surface area is 111 Å².